The molecule has 0 spiro atoms. The molecule has 0 aromatic carbocycles. The lowest BCUT2D eigenvalue weighted by molar-refractivity contribution is 0.767. The predicted molar refractivity (Wildman–Crippen MR) is 37.6 cm³/mol. The van der Waals surface area contributed by atoms with E-state index >= 15 is 0 Å². The molecule has 0 rings (SSSR count). The standard InChI is InChI=1S/C8H15/c1-4-6-7-8(3)5-2/h3H,4-7H2,1-2H3. The lowest BCUT2D eigenvalue weighted by Gasteiger charge is -1.96. The third kappa shape index (κ3) is 3.91. The molecule has 0 unspecified atom stereocenters. The van der Waals surface area contributed by atoms with Crippen LogP contribution in [0.3, 0.4) is 0 Å². The summed E-state index contributed by atoms with van der Waals surface area (Å²) in [6.07, 6.45) is 4.66. The molecule has 0 N–H and O–H groups in total. The fraction of sp³-hybridized carbons (Fsp3) is 0.750. The van der Waals surface area contributed by atoms with E-state index in [9.17, 15) is 0 Å². The Labute approximate surface area is 52.6 Å². The largest absolute Gasteiger partial charge is 0.0705 e. The zero-order valence-corrected chi connectivity index (χ0v) is 5.91. The fourth-order valence-corrected chi connectivity index (χ4v) is 0.581. The van der Waals surface area contributed by atoms with Gasteiger partial charge in [-0.05, 0) is 19.3 Å². The molecule has 0 aliphatic carbocycles. The van der Waals surface area contributed by atoms with Crippen LogP contribution in [-0.4, -0.2) is 0 Å². The molecule has 0 amide bonds. The molecule has 0 saturated carbocycles. The van der Waals surface area contributed by atoms with Crippen LogP contribution in [0.2, 0.25) is 0 Å². The van der Waals surface area contributed by atoms with Crippen molar-refractivity contribution in [2.24, 2.45) is 0 Å². The van der Waals surface area contributed by atoms with E-state index in [0.717, 1.165) is 18.4 Å². The summed E-state index contributed by atoms with van der Waals surface area (Å²) in [4.78, 5) is 0. The van der Waals surface area contributed by atoms with E-state index in [4.69, 9.17) is 6.58 Å². The van der Waals surface area contributed by atoms with Crippen molar-refractivity contribution in [3.63, 3.8) is 0 Å². The van der Waals surface area contributed by atoms with Crippen LogP contribution in [0.1, 0.15) is 39.5 Å². The van der Waals surface area contributed by atoms with E-state index < -0.39 is 0 Å². The maximum atomic E-state index is 5.58. The predicted octanol–water partition coefficient (Wildman–Crippen LogP) is 2.95. The third-order valence-corrected chi connectivity index (χ3v) is 1.31. The molecule has 1 radical (unpaired) electrons. The van der Waals surface area contributed by atoms with Crippen molar-refractivity contribution in [3.05, 3.63) is 12.2 Å². The fourth-order valence-electron chi connectivity index (χ4n) is 0.581. The van der Waals surface area contributed by atoms with Gasteiger partial charge in [0.2, 0.25) is 0 Å². The van der Waals surface area contributed by atoms with Gasteiger partial charge < -0.3 is 0 Å². The van der Waals surface area contributed by atoms with Gasteiger partial charge in [-0.1, -0.05) is 32.4 Å². The molecule has 0 bridgehead atoms. The van der Waals surface area contributed by atoms with Gasteiger partial charge in [0.05, 0.1) is 0 Å². The molecule has 0 aliphatic rings. The average molecular weight is 111 g/mol. The van der Waals surface area contributed by atoms with Crippen LogP contribution >= 0.6 is 0 Å². The van der Waals surface area contributed by atoms with E-state index in [1.807, 2.05) is 0 Å². The maximum Gasteiger partial charge on any atom is -0.0317 e. The van der Waals surface area contributed by atoms with Crippen molar-refractivity contribution in [1.29, 1.82) is 0 Å². The summed E-state index contributed by atoms with van der Waals surface area (Å²) in [6.45, 7) is 9.86. The SMILES string of the molecule is [CH]=C(CC)CCCC. The van der Waals surface area contributed by atoms with E-state index in [0.29, 0.717) is 0 Å². The summed E-state index contributed by atoms with van der Waals surface area (Å²) >= 11 is 0. The Morgan fingerprint density at radius 2 is 2.00 bits per heavy atom. The summed E-state index contributed by atoms with van der Waals surface area (Å²) in [5.74, 6) is 0. The van der Waals surface area contributed by atoms with Gasteiger partial charge in [0.25, 0.3) is 0 Å². The lowest BCUT2D eigenvalue weighted by atomic mass is 10.1. The first-order chi connectivity index (χ1) is 3.81. The van der Waals surface area contributed by atoms with Crippen molar-refractivity contribution >= 4 is 0 Å². The van der Waals surface area contributed by atoms with Crippen LogP contribution in [0.5, 0.6) is 0 Å². The summed E-state index contributed by atoms with van der Waals surface area (Å²) < 4.78 is 0. The van der Waals surface area contributed by atoms with Gasteiger partial charge >= 0.3 is 0 Å². The van der Waals surface area contributed by atoms with Crippen LogP contribution in [0.25, 0.3) is 0 Å². The number of unbranched alkanes of at least 4 members (excludes halogenated alkanes) is 1. The van der Waals surface area contributed by atoms with Crippen LogP contribution in [-0.2, 0) is 0 Å². The molecule has 0 atom stereocenters. The summed E-state index contributed by atoms with van der Waals surface area (Å²) in [7, 11) is 0. The van der Waals surface area contributed by atoms with Crippen LogP contribution in [0, 0.1) is 6.58 Å². The molecular weight excluding hydrogens is 96.1 g/mol. The van der Waals surface area contributed by atoms with Crippen molar-refractivity contribution in [2.45, 2.75) is 39.5 Å². The molecule has 0 heterocycles. The highest BCUT2D eigenvalue weighted by Crippen LogP contribution is 2.06. The highest BCUT2D eigenvalue weighted by molar-refractivity contribution is 4.88. The molecule has 0 nitrogen and oxygen atoms in total. The third-order valence-electron chi connectivity index (χ3n) is 1.31. The average Bonchev–Trinajstić information content (AvgIpc) is 1.83. The van der Waals surface area contributed by atoms with Gasteiger partial charge in [-0.15, -0.1) is 0 Å². The van der Waals surface area contributed by atoms with Gasteiger partial charge in [-0.3, -0.25) is 0 Å². The van der Waals surface area contributed by atoms with Crippen molar-refractivity contribution < 1.29 is 0 Å². The minimum atomic E-state index is 1.04. The Balaban J connectivity index is 2.99. The van der Waals surface area contributed by atoms with E-state index in [-0.39, 0.29) is 0 Å². The molecule has 0 saturated heterocycles. The molecule has 0 aromatic rings. The van der Waals surface area contributed by atoms with Gasteiger partial charge in [0.1, 0.15) is 0 Å². The number of allylic oxidation sites excluding steroid dienone is 1. The normalized spacial score (nSPS) is 9.25. The summed E-state index contributed by atoms with van der Waals surface area (Å²) in [6, 6.07) is 0. The maximum absolute atomic E-state index is 5.58. The van der Waals surface area contributed by atoms with Gasteiger partial charge in [-0.2, -0.15) is 0 Å². The molecule has 47 valence electrons. The Kier molecular flexibility index (Phi) is 4.73. The first-order valence-corrected chi connectivity index (χ1v) is 3.41. The Morgan fingerprint density at radius 3 is 2.38 bits per heavy atom. The highest BCUT2D eigenvalue weighted by Gasteiger charge is 1.87. The van der Waals surface area contributed by atoms with E-state index in [2.05, 4.69) is 13.8 Å². The Hall–Kier alpha value is -0.260. The zero-order chi connectivity index (χ0) is 6.41. The first kappa shape index (κ1) is 7.74. The Morgan fingerprint density at radius 1 is 1.38 bits per heavy atom. The molecule has 0 heteroatoms. The van der Waals surface area contributed by atoms with Gasteiger partial charge in [0.15, 0.2) is 0 Å². The number of hydrogen-bond acceptors (Lipinski definition) is 0. The van der Waals surface area contributed by atoms with Crippen molar-refractivity contribution in [3.8, 4) is 0 Å². The van der Waals surface area contributed by atoms with Crippen LogP contribution in [0.4, 0.5) is 0 Å². The second-order valence-corrected chi connectivity index (χ2v) is 2.12. The molecule has 0 fully saturated rings. The second kappa shape index (κ2) is 4.89. The Bertz CT molecular complexity index is 62.4. The lowest BCUT2D eigenvalue weighted by Crippen LogP contribution is -1.77. The molecule has 0 aliphatic heterocycles. The van der Waals surface area contributed by atoms with E-state index in [1.54, 1.807) is 0 Å². The van der Waals surface area contributed by atoms with Crippen molar-refractivity contribution in [1.82, 2.24) is 0 Å². The zero-order valence-electron chi connectivity index (χ0n) is 5.91. The van der Waals surface area contributed by atoms with Crippen LogP contribution in [0.15, 0.2) is 5.57 Å². The van der Waals surface area contributed by atoms with Crippen LogP contribution < -0.4 is 0 Å². The van der Waals surface area contributed by atoms with Gasteiger partial charge in [-0.25, -0.2) is 0 Å². The quantitative estimate of drug-likeness (QED) is 0.523. The van der Waals surface area contributed by atoms with E-state index in [1.165, 1.54) is 12.8 Å². The second-order valence-electron chi connectivity index (χ2n) is 2.12. The number of rotatable bonds is 4. The minimum Gasteiger partial charge on any atom is -0.0705 e. The topological polar surface area (TPSA) is 0 Å². The smallest absolute Gasteiger partial charge is 0.0317 e. The molecule has 0 aromatic heterocycles. The molecular formula is C8H15. The first-order valence-electron chi connectivity index (χ1n) is 3.41. The summed E-state index contributed by atoms with van der Waals surface area (Å²) in [5, 5.41) is 0. The number of hydrogen-bond donors (Lipinski definition) is 0. The molecule has 8 heavy (non-hydrogen) atoms. The highest BCUT2D eigenvalue weighted by atomic mass is 13.9. The summed E-state index contributed by atoms with van der Waals surface area (Å²) in [5.41, 5.74) is 1.15. The van der Waals surface area contributed by atoms with Gasteiger partial charge in [0, 0.05) is 0 Å². The van der Waals surface area contributed by atoms with Crippen molar-refractivity contribution in [2.75, 3.05) is 0 Å². The minimum absolute atomic E-state index is 1.04. The monoisotopic (exact) mass is 111 g/mol.